The predicted molar refractivity (Wildman–Crippen MR) is 85.2 cm³/mol. The van der Waals surface area contributed by atoms with Gasteiger partial charge in [0.25, 0.3) is 0 Å². The van der Waals surface area contributed by atoms with Gasteiger partial charge < -0.3 is 9.67 Å². The van der Waals surface area contributed by atoms with Crippen LogP contribution < -0.4 is 0 Å². The zero-order valence-electron chi connectivity index (χ0n) is 11.8. The highest BCUT2D eigenvalue weighted by Crippen LogP contribution is 2.27. The van der Waals surface area contributed by atoms with Crippen molar-refractivity contribution < 1.29 is 5.11 Å². The van der Waals surface area contributed by atoms with E-state index in [1.165, 1.54) is 15.6 Å². The molecule has 20 heavy (non-hydrogen) atoms. The van der Waals surface area contributed by atoms with Crippen LogP contribution in [0.5, 0.6) is 0 Å². The summed E-state index contributed by atoms with van der Waals surface area (Å²) in [6.45, 7) is 4.93. The topological polar surface area (TPSA) is 25.2 Å². The van der Waals surface area contributed by atoms with Gasteiger partial charge in [-0.15, -0.1) is 11.3 Å². The summed E-state index contributed by atoms with van der Waals surface area (Å²) in [4.78, 5) is 0. The third-order valence-corrected chi connectivity index (χ3v) is 4.67. The van der Waals surface area contributed by atoms with E-state index in [9.17, 15) is 5.11 Å². The van der Waals surface area contributed by atoms with Crippen molar-refractivity contribution >= 4 is 21.4 Å². The summed E-state index contributed by atoms with van der Waals surface area (Å²) in [6, 6.07) is 10.5. The van der Waals surface area contributed by atoms with E-state index < -0.39 is 0 Å². The quantitative estimate of drug-likeness (QED) is 0.753. The molecule has 0 aliphatic heterocycles. The summed E-state index contributed by atoms with van der Waals surface area (Å²) in [5.74, 6) is 0.243. The van der Waals surface area contributed by atoms with Crippen LogP contribution in [0.4, 0.5) is 0 Å². The van der Waals surface area contributed by atoms with Crippen molar-refractivity contribution in [2.24, 2.45) is 5.92 Å². The van der Waals surface area contributed by atoms with Gasteiger partial charge in [0.2, 0.25) is 0 Å². The van der Waals surface area contributed by atoms with Gasteiger partial charge in [-0.25, -0.2) is 0 Å². The molecule has 0 aliphatic carbocycles. The molecule has 104 valence electrons. The van der Waals surface area contributed by atoms with Gasteiger partial charge in [-0.1, -0.05) is 32.0 Å². The van der Waals surface area contributed by atoms with Crippen LogP contribution in [0.15, 0.2) is 48.1 Å². The Hall–Kier alpha value is -1.58. The van der Waals surface area contributed by atoms with Crippen LogP contribution in [0.3, 0.4) is 0 Å². The number of aliphatic hydroxyl groups excluding tert-OH is 1. The molecule has 1 N–H and O–H groups in total. The number of thiophene rings is 1. The van der Waals surface area contributed by atoms with Crippen LogP contribution in [0.1, 0.15) is 31.1 Å². The molecular formula is C17H19NOS. The van der Waals surface area contributed by atoms with E-state index in [-0.39, 0.29) is 12.0 Å². The molecule has 1 unspecified atom stereocenters. The Morgan fingerprint density at radius 2 is 2.00 bits per heavy atom. The Morgan fingerprint density at radius 3 is 2.80 bits per heavy atom. The second-order valence-electron chi connectivity index (χ2n) is 5.56. The van der Waals surface area contributed by atoms with Crippen molar-refractivity contribution in [2.75, 3.05) is 0 Å². The maximum absolute atomic E-state index is 10.1. The normalized spacial score (nSPS) is 13.2. The highest BCUT2D eigenvalue weighted by atomic mass is 32.1. The van der Waals surface area contributed by atoms with Crippen LogP contribution in [0, 0.1) is 5.92 Å². The minimum Gasteiger partial charge on any atom is -0.388 e. The number of aromatic nitrogens is 1. The first-order valence-electron chi connectivity index (χ1n) is 6.94. The fourth-order valence-corrected chi connectivity index (χ4v) is 3.42. The van der Waals surface area contributed by atoms with Crippen LogP contribution in [-0.4, -0.2) is 9.67 Å². The second-order valence-corrected chi connectivity index (χ2v) is 6.47. The Bertz CT molecular complexity index is 710. The first kappa shape index (κ1) is 13.4. The number of aliphatic hydroxyl groups is 1. The number of rotatable bonds is 4. The van der Waals surface area contributed by atoms with Crippen molar-refractivity contribution in [2.45, 2.75) is 26.5 Å². The fraction of sp³-hybridized carbons (Fsp3) is 0.294. The number of hydrogen-bond acceptors (Lipinski definition) is 2. The Kier molecular flexibility index (Phi) is 3.64. The van der Waals surface area contributed by atoms with E-state index in [0.29, 0.717) is 0 Å². The Balaban J connectivity index is 1.85. The number of hydrogen-bond donors (Lipinski definition) is 1. The maximum Gasteiger partial charge on any atom is 0.0827 e. The van der Waals surface area contributed by atoms with Gasteiger partial charge in [-0.3, -0.25) is 0 Å². The molecule has 1 aromatic carbocycles. The van der Waals surface area contributed by atoms with E-state index in [4.69, 9.17) is 0 Å². The standard InChI is InChI=1S/C17H19NOS/c1-12(2)17(19)13-7-8-18(9-13)10-14-11-20-16-6-4-3-5-15(14)16/h3-9,11-12,17,19H,10H2,1-2H3. The van der Waals surface area contributed by atoms with Crippen molar-refractivity contribution in [1.29, 1.82) is 0 Å². The lowest BCUT2D eigenvalue weighted by atomic mass is 10.0. The van der Waals surface area contributed by atoms with Crippen molar-refractivity contribution in [3.8, 4) is 0 Å². The molecule has 0 aliphatic rings. The minimum atomic E-state index is -0.379. The van der Waals surface area contributed by atoms with Gasteiger partial charge in [-0.2, -0.15) is 0 Å². The van der Waals surface area contributed by atoms with Gasteiger partial charge in [0, 0.05) is 23.6 Å². The molecular weight excluding hydrogens is 266 g/mol. The largest absolute Gasteiger partial charge is 0.388 e. The summed E-state index contributed by atoms with van der Waals surface area (Å²) in [6.07, 6.45) is 3.72. The van der Waals surface area contributed by atoms with Gasteiger partial charge in [0.1, 0.15) is 0 Å². The molecule has 0 saturated heterocycles. The lowest BCUT2D eigenvalue weighted by molar-refractivity contribution is 0.127. The summed E-state index contributed by atoms with van der Waals surface area (Å²) < 4.78 is 3.48. The maximum atomic E-state index is 10.1. The average Bonchev–Trinajstić information content (AvgIpc) is 3.06. The van der Waals surface area contributed by atoms with E-state index in [1.54, 1.807) is 11.3 Å². The molecule has 2 aromatic heterocycles. The molecule has 0 saturated carbocycles. The highest BCUT2D eigenvalue weighted by molar-refractivity contribution is 7.17. The predicted octanol–water partition coefficient (Wildman–Crippen LogP) is 4.44. The third-order valence-electron chi connectivity index (χ3n) is 3.66. The minimum absolute atomic E-state index is 0.243. The molecule has 2 heterocycles. The van der Waals surface area contributed by atoms with Gasteiger partial charge >= 0.3 is 0 Å². The molecule has 2 nitrogen and oxygen atoms in total. The molecule has 0 fully saturated rings. The smallest absolute Gasteiger partial charge is 0.0827 e. The monoisotopic (exact) mass is 285 g/mol. The first-order chi connectivity index (χ1) is 9.65. The van der Waals surface area contributed by atoms with Crippen molar-refractivity contribution in [3.05, 3.63) is 59.2 Å². The number of nitrogens with zero attached hydrogens (tertiary/aromatic N) is 1. The number of fused-ring (bicyclic) bond motifs is 1. The third kappa shape index (κ3) is 2.51. The Morgan fingerprint density at radius 1 is 1.20 bits per heavy atom. The highest BCUT2D eigenvalue weighted by Gasteiger charge is 2.13. The van der Waals surface area contributed by atoms with Crippen LogP contribution >= 0.6 is 11.3 Å². The molecule has 3 aromatic rings. The second kappa shape index (κ2) is 5.43. The molecule has 3 heteroatoms. The molecule has 0 amide bonds. The lowest BCUT2D eigenvalue weighted by Gasteiger charge is -2.12. The summed E-state index contributed by atoms with van der Waals surface area (Å²) in [5.41, 5.74) is 2.34. The van der Waals surface area contributed by atoms with E-state index >= 15 is 0 Å². The molecule has 0 bridgehead atoms. The zero-order chi connectivity index (χ0) is 14.1. The zero-order valence-corrected chi connectivity index (χ0v) is 12.6. The molecule has 0 spiro atoms. The van der Waals surface area contributed by atoms with Crippen LogP contribution in [-0.2, 0) is 6.54 Å². The average molecular weight is 285 g/mol. The van der Waals surface area contributed by atoms with Crippen molar-refractivity contribution in [1.82, 2.24) is 4.57 Å². The summed E-state index contributed by atoms with van der Waals surface area (Å²) in [7, 11) is 0. The van der Waals surface area contributed by atoms with Crippen molar-refractivity contribution in [3.63, 3.8) is 0 Å². The number of benzene rings is 1. The van der Waals surface area contributed by atoms with E-state index in [2.05, 4.69) is 40.4 Å². The first-order valence-corrected chi connectivity index (χ1v) is 7.82. The fourth-order valence-electron chi connectivity index (χ4n) is 2.47. The van der Waals surface area contributed by atoms with E-state index in [0.717, 1.165) is 12.1 Å². The van der Waals surface area contributed by atoms with Crippen LogP contribution in [0.25, 0.3) is 10.1 Å². The lowest BCUT2D eigenvalue weighted by Crippen LogP contribution is -2.04. The van der Waals surface area contributed by atoms with Gasteiger partial charge in [0.15, 0.2) is 0 Å². The van der Waals surface area contributed by atoms with Gasteiger partial charge in [0.05, 0.1) is 6.10 Å². The summed E-state index contributed by atoms with van der Waals surface area (Å²) in [5, 5.41) is 13.7. The van der Waals surface area contributed by atoms with Crippen LogP contribution in [0.2, 0.25) is 0 Å². The van der Waals surface area contributed by atoms with Gasteiger partial charge in [-0.05, 0) is 39.9 Å². The molecule has 0 radical (unpaired) electrons. The summed E-state index contributed by atoms with van der Waals surface area (Å²) >= 11 is 1.79. The van der Waals surface area contributed by atoms with E-state index in [1.807, 2.05) is 26.1 Å². The molecule has 1 atom stereocenters. The molecule has 3 rings (SSSR count). The SMILES string of the molecule is CC(C)C(O)c1ccn(Cc2csc3ccccc23)c1. The Labute approximate surface area is 123 Å².